The van der Waals surface area contributed by atoms with Gasteiger partial charge in [0, 0.05) is 61.5 Å². The average Bonchev–Trinajstić information content (AvgIpc) is 3.53. The van der Waals surface area contributed by atoms with Crippen molar-refractivity contribution < 1.29 is 18.3 Å². The van der Waals surface area contributed by atoms with E-state index in [2.05, 4.69) is 50.1 Å². The standard InChI is InChI=1S/C37H34F2N8O2S/c1-23-20-29(31(49-2)22-30(23)45-16-18-46(50-3)19-17-45)42-37-40-14-13-28(41-37)35-33(43-32-12-4-5-15-47(32)35)24-8-6-9-25(21-24)36(48)44-34-26(38)10-7-11-27(34)39/h4-15,20-22H,16-19H2,1-3H3,(H,44,48)(H,40,41,42). The number of ether oxygens (including phenoxy) is 1. The van der Waals surface area contributed by atoms with Crippen molar-refractivity contribution in [2.24, 2.45) is 0 Å². The molecular weight excluding hydrogens is 659 g/mol. The number of para-hydroxylation sites is 1. The van der Waals surface area contributed by atoms with E-state index in [0.717, 1.165) is 55.2 Å². The van der Waals surface area contributed by atoms with Crippen LogP contribution in [-0.2, 0) is 0 Å². The quantitative estimate of drug-likeness (QED) is 0.150. The lowest BCUT2D eigenvalue weighted by Gasteiger charge is -2.35. The Morgan fingerprint density at radius 3 is 2.46 bits per heavy atom. The van der Waals surface area contributed by atoms with Gasteiger partial charge >= 0.3 is 0 Å². The molecule has 7 rings (SSSR count). The van der Waals surface area contributed by atoms with Crippen LogP contribution in [0, 0.1) is 18.6 Å². The highest BCUT2D eigenvalue weighted by Crippen LogP contribution is 2.37. The maximum atomic E-state index is 14.3. The van der Waals surface area contributed by atoms with Crippen LogP contribution < -0.4 is 20.3 Å². The van der Waals surface area contributed by atoms with E-state index in [0.29, 0.717) is 40.0 Å². The van der Waals surface area contributed by atoms with Gasteiger partial charge in [0.25, 0.3) is 5.91 Å². The van der Waals surface area contributed by atoms with Crippen molar-refractivity contribution in [3.05, 3.63) is 114 Å². The van der Waals surface area contributed by atoms with Crippen molar-refractivity contribution >= 4 is 46.5 Å². The Morgan fingerprint density at radius 1 is 0.920 bits per heavy atom. The van der Waals surface area contributed by atoms with Gasteiger partial charge in [0.05, 0.1) is 29.9 Å². The second-order valence-corrected chi connectivity index (χ2v) is 12.6. The van der Waals surface area contributed by atoms with E-state index >= 15 is 0 Å². The number of rotatable bonds is 9. The van der Waals surface area contributed by atoms with Crippen LogP contribution >= 0.6 is 11.9 Å². The number of hydrogen-bond donors (Lipinski definition) is 2. The molecule has 0 atom stereocenters. The molecule has 0 bridgehead atoms. The molecule has 1 saturated heterocycles. The number of nitrogens with one attached hydrogen (secondary N) is 2. The summed E-state index contributed by atoms with van der Waals surface area (Å²) in [5.41, 5.74) is 5.77. The number of imidazole rings is 1. The second kappa shape index (κ2) is 14.1. The van der Waals surface area contributed by atoms with Crippen LogP contribution in [0.5, 0.6) is 5.75 Å². The Balaban J connectivity index is 1.21. The number of pyridine rings is 1. The van der Waals surface area contributed by atoms with E-state index in [1.165, 1.54) is 6.07 Å². The number of aromatic nitrogens is 4. The zero-order valence-corrected chi connectivity index (χ0v) is 28.5. The number of benzene rings is 3. The van der Waals surface area contributed by atoms with Crippen LogP contribution in [0.25, 0.3) is 28.3 Å². The maximum absolute atomic E-state index is 14.3. The fourth-order valence-corrected chi connectivity index (χ4v) is 6.65. The summed E-state index contributed by atoms with van der Waals surface area (Å²) in [6, 6.07) is 21.7. The topological polar surface area (TPSA) is 99.9 Å². The first-order valence-corrected chi connectivity index (χ1v) is 17.2. The number of halogens is 2. The minimum Gasteiger partial charge on any atom is -0.494 e. The van der Waals surface area contributed by atoms with Crippen LogP contribution in [-0.4, -0.2) is 69.1 Å². The van der Waals surface area contributed by atoms with E-state index in [4.69, 9.17) is 14.7 Å². The van der Waals surface area contributed by atoms with E-state index in [1.54, 1.807) is 49.5 Å². The summed E-state index contributed by atoms with van der Waals surface area (Å²) in [6.07, 6.45) is 5.66. The Bertz CT molecular complexity index is 2180. The van der Waals surface area contributed by atoms with Gasteiger partial charge in [0.1, 0.15) is 28.7 Å². The highest BCUT2D eigenvalue weighted by Gasteiger charge is 2.22. The molecule has 0 unspecified atom stereocenters. The molecule has 1 amide bonds. The smallest absolute Gasteiger partial charge is 0.255 e. The number of piperazine rings is 1. The molecule has 3 aromatic heterocycles. The van der Waals surface area contributed by atoms with Crippen LogP contribution in [0.3, 0.4) is 0 Å². The molecule has 2 N–H and O–H groups in total. The number of anilines is 4. The molecule has 1 aliphatic heterocycles. The summed E-state index contributed by atoms with van der Waals surface area (Å²) in [4.78, 5) is 29.8. The summed E-state index contributed by atoms with van der Waals surface area (Å²) < 4.78 is 38.7. The maximum Gasteiger partial charge on any atom is 0.255 e. The number of fused-ring (bicyclic) bond motifs is 1. The summed E-state index contributed by atoms with van der Waals surface area (Å²) in [5, 5.41) is 5.71. The normalized spacial score (nSPS) is 13.4. The number of carbonyl (C=O) groups excluding carboxylic acids is 1. The van der Waals surface area contributed by atoms with Crippen molar-refractivity contribution in [2.75, 3.05) is 55.1 Å². The molecule has 10 nitrogen and oxygen atoms in total. The van der Waals surface area contributed by atoms with Gasteiger partial charge in [-0.15, -0.1) is 0 Å². The van der Waals surface area contributed by atoms with E-state index < -0.39 is 23.2 Å². The van der Waals surface area contributed by atoms with E-state index in [9.17, 15) is 13.6 Å². The first kappa shape index (κ1) is 33.0. The molecule has 4 heterocycles. The third kappa shape index (κ3) is 6.57. The number of carbonyl (C=O) groups is 1. The number of amides is 1. The summed E-state index contributed by atoms with van der Waals surface area (Å²) in [7, 11) is 1.65. The molecule has 6 aromatic rings. The third-order valence-electron chi connectivity index (χ3n) is 8.63. The number of aryl methyl sites for hydroxylation is 1. The third-order valence-corrected chi connectivity index (χ3v) is 9.51. The molecule has 1 fully saturated rings. The summed E-state index contributed by atoms with van der Waals surface area (Å²) in [5.74, 6) is -1.35. The SMILES string of the molecule is COc1cc(N2CCN(SC)CC2)c(C)cc1Nc1nccc(-c2c(-c3cccc(C(=O)Nc4c(F)cccc4F)c3)nc3ccccn23)n1. The highest BCUT2D eigenvalue weighted by atomic mass is 32.2. The van der Waals surface area contributed by atoms with Crippen molar-refractivity contribution in [1.29, 1.82) is 0 Å². The lowest BCUT2D eigenvalue weighted by atomic mass is 10.0. The molecule has 0 aliphatic carbocycles. The van der Waals surface area contributed by atoms with Gasteiger partial charge < -0.3 is 20.3 Å². The minimum atomic E-state index is -0.862. The lowest BCUT2D eigenvalue weighted by molar-refractivity contribution is 0.102. The van der Waals surface area contributed by atoms with E-state index in [1.807, 2.05) is 34.9 Å². The number of nitrogens with zero attached hydrogens (tertiary/aromatic N) is 6. The summed E-state index contributed by atoms with van der Waals surface area (Å²) in [6.45, 7) is 5.92. The van der Waals surface area contributed by atoms with Gasteiger partial charge in [-0.2, -0.15) is 0 Å². The molecule has 254 valence electrons. The largest absolute Gasteiger partial charge is 0.494 e. The fraction of sp³-hybridized carbons (Fsp3) is 0.189. The Labute approximate surface area is 292 Å². The Hall–Kier alpha value is -5.53. The first-order chi connectivity index (χ1) is 24.3. The molecule has 13 heteroatoms. The molecule has 0 spiro atoms. The van der Waals surface area contributed by atoms with Crippen molar-refractivity contribution in [2.45, 2.75) is 6.92 Å². The monoisotopic (exact) mass is 692 g/mol. The van der Waals surface area contributed by atoms with Crippen molar-refractivity contribution in [3.8, 4) is 28.4 Å². The predicted molar refractivity (Wildman–Crippen MR) is 194 cm³/mol. The van der Waals surface area contributed by atoms with Gasteiger partial charge in [-0.1, -0.05) is 36.2 Å². The zero-order chi connectivity index (χ0) is 34.8. The summed E-state index contributed by atoms with van der Waals surface area (Å²) >= 11 is 1.77. The van der Waals surface area contributed by atoms with E-state index in [-0.39, 0.29) is 5.56 Å². The van der Waals surface area contributed by atoms with Crippen LogP contribution in [0.1, 0.15) is 15.9 Å². The first-order valence-electron chi connectivity index (χ1n) is 16.0. The molecule has 0 radical (unpaired) electrons. The molecular formula is C37H34F2N8O2S. The highest BCUT2D eigenvalue weighted by molar-refractivity contribution is 7.96. The van der Waals surface area contributed by atoms with Gasteiger partial charge in [-0.3, -0.25) is 9.20 Å². The number of hydrogen-bond acceptors (Lipinski definition) is 9. The average molecular weight is 693 g/mol. The zero-order valence-electron chi connectivity index (χ0n) is 27.7. The van der Waals surface area contributed by atoms with Crippen molar-refractivity contribution in [1.82, 2.24) is 23.7 Å². The predicted octanol–water partition coefficient (Wildman–Crippen LogP) is 7.45. The van der Waals surface area contributed by atoms with Gasteiger partial charge in [0.15, 0.2) is 0 Å². The van der Waals surface area contributed by atoms with Crippen LogP contribution in [0.15, 0.2) is 91.3 Å². The van der Waals surface area contributed by atoms with Gasteiger partial charge in [-0.25, -0.2) is 28.0 Å². The van der Waals surface area contributed by atoms with Gasteiger partial charge in [-0.05, 0) is 67.3 Å². The fourth-order valence-electron chi connectivity index (χ4n) is 6.12. The second-order valence-electron chi connectivity index (χ2n) is 11.7. The number of methoxy groups -OCH3 is 1. The van der Waals surface area contributed by atoms with Crippen molar-refractivity contribution in [3.63, 3.8) is 0 Å². The minimum absolute atomic E-state index is 0.204. The van der Waals surface area contributed by atoms with Gasteiger partial charge in [0.2, 0.25) is 5.95 Å². The Morgan fingerprint density at radius 2 is 1.70 bits per heavy atom. The van der Waals surface area contributed by atoms with Crippen LogP contribution in [0.4, 0.5) is 31.8 Å². The lowest BCUT2D eigenvalue weighted by Crippen LogP contribution is -2.43. The molecule has 0 saturated carbocycles. The molecule has 50 heavy (non-hydrogen) atoms. The Kier molecular flexibility index (Phi) is 9.33. The molecule has 3 aromatic carbocycles. The molecule has 1 aliphatic rings. The van der Waals surface area contributed by atoms with Crippen LogP contribution in [0.2, 0.25) is 0 Å².